The molecule has 0 saturated carbocycles. The molecule has 0 aliphatic carbocycles. The normalized spacial score (nSPS) is 9.62. The Kier molecular flexibility index (Phi) is 5.15. The zero-order valence-electron chi connectivity index (χ0n) is 8.41. The van der Waals surface area contributed by atoms with Gasteiger partial charge in [0, 0.05) is 6.07 Å². The lowest BCUT2D eigenvalue weighted by Gasteiger charge is -2.06. The minimum atomic E-state index is -0.467. The lowest BCUT2D eigenvalue weighted by atomic mass is 10.3. The van der Waals surface area contributed by atoms with Crippen molar-refractivity contribution in [2.75, 3.05) is 13.2 Å². The number of hydrogen-bond acceptors (Lipinski definition) is 3. The molecule has 0 fully saturated rings. The number of hydrogen-bond donors (Lipinski definition) is 0. The average Bonchev–Trinajstić information content (AvgIpc) is 2.28. The van der Waals surface area contributed by atoms with Crippen LogP contribution in [0.25, 0.3) is 0 Å². The highest BCUT2D eigenvalue weighted by molar-refractivity contribution is 6.42. The summed E-state index contributed by atoms with van der Waals surface area (Å²) in [6.45, 7) is 3.42. The molecular weight excluding hydrogens is 251 g/mol. The second kappa shape index (κ2) is 6.40. The number of ether oxygens (including phenoxy) is 2. The second-order valence-corrected chi connectivity index (χ2v) is 3.65. The van der Waals surface area contributed by atoms with Gasteiger partial charge in [-0.1, -0.05) is 35.9 Å². The third-order valence-corrected chi connectivity index (χ3v) is 2.35. The number of rotatable bonds is 5. The van der Waals surface area contributed by atoms with Gasteiger partial charge in [0.2, 0.25) is 0 Å². The summed E-state index contributed by atoms with van der Waals surface area (Å²) in [6, 6.07) is 4.74. The fraction of sp³-hybridized carbons (Fsp3) is 0.182. The summed E-state index contributed by atoms with van der Waals surface area (Å²) in [5.41, 5.74) is 0. The van der Waals surface area contributed by atoms with Gasteiger partial charge in [-0.3, -0.25) is 0 Å². The topological polar surface area (TPSA) is 35.5 Å². The Morgan fingerprint density at radius 2 is 2.12 bits per heavy atom. The molecule has 0 amide bonds. The monoisotopic (exact) mass is 260 g/mol. The van der Waals surface area contributed by atoms with Crippen molar-refractivity contribution in [3.8, 4) is 5.75 Å². The first-order valence-electron chi connectivity index (χ1n) is 4.48. The molecule has 0 unspecified atom stereocenters. The standard InChI is InChI=1S/C11H10Cl2O3/c1-2-5-15-11(14)7-16-8-3-4-9(12)10(13)6-8/h2-4,6H,1,5,7H2. The summed E-state index contributed by atoms with van der Waals surface area (Å²) < 4.78 is 9.87. The van der Waals surface area contributed by atoms with Crippen molar-refractivity contribution >= 4 is 29.2 Å². The average molecular weight is 261 g/mol. The molecule has 16 heavy (non-hydrogen) atoms. The van der Waals surface area contributed by atoms with Crippen LogP contribution in [0.5, 0.6) is 5.75 Å². The predicted octanol–water partition coefficient (Wildman–Crippen LogP) is 3.10. The maximum absolute atomic E-state index is 11.1. The first-order chi connectivity index (χ1) is 7.63. The SMILES string of the molecule is C=CCOC(=O)COc1ccc(Cl)c(Cl)c1. The molecule has 0 bridgehead atoms. The predicted molar refractivity (Wildman–Crippen MR) is 63.1 cm³/mol. The first-order valence-corrected chi connectivity index (χ1v) is 5.23. The molecule has 5 heteroatoms. The molecule has 86 valence electrons. The third kappa shape index (κ3) is 4.13. The maximum Gasteiger partial charge on any atom is 0.344 e. The summed E-state index contributed by atoms with van der Waals surface area (Å²) in [5, 5.41) is 0.807. The van der Waals surface area contributed by atoms with Crippen molar-refractivity contribution in [3.05, 3.63) is 40.9 Å². The summed E-state index contributed by atoms with van der Waals surface area (Å²) in [6.07, 6.45) is 1.48. The molecule has 0 heterocycles. The van der Waals surface area contributed by atoms with E-state index < -0.39 is 5.97 Å². The Morgan fingerprint density at radius 1 is 1.38 bits per heavy atom. The molecule has 0 aliphatic heterocycles. The highest BCUT2D eigenvalue weighted by Crippen LogP contribution is 2.26. The molecule has 1 rings (SSSR count). The third-order valence-electron chi connectivity index (χ3n) is 1.61. The number of halogens is 2. The van der Waals surface area contributed by atoms with Crippen LogP contribution in [0.3, 0.4) is 0 Å². The van der Waals surface area contributed by atoms with Crippen LogP contribution in [0.2, 0.25) is 10.0 Å². The van der Waals surface area contributed by atoms with E-state index in [0.29, 0.717) is 15.8 Å². The zero-order chi connectivity index (χ0) is 12.0. The largest absolute Gasteiger partial charge is 0.482 e. The highest BCUT2D eigenvalue weighted by atomic mass is 35.5. The van der Waals surface area contributed by atoms with E-state index in [1.807, 2.05) is 0 Å². The van der Waals surface area contributed by atoms with Crippen LogP contribution in [-0.4, -0.2) is 19.2 Å². The van der Waals surface area contributed by atoms with E-state index in [1.54, 1.807) is 12.1 Å². The van der Waals surface area contributed by atoms with Crippen molar-refractivity contribution in [1.82, 2.24) is 0 Å². The molecule has 0 spiro atoms. The minimum absolute atomic E-state index is 0.170. The fourth-order valence-corrected chi connectivity index (χ4v) is 1.19. The summed E-state index contributed by atoms with van der Waals surface area (Å²) >= 11 is 11.5. The van der Waals surface area contributed by atoms with Crippen LogP contribution in [0.15, 0.2) is 30.9 Å². The van der Waals surface area contributed by atoms with Gasteiger partial charge in [-0.05, 0) is 12.1 Å². The van der Waals surface area contributed by atoms with E-state index in [0.717, 1.165) is 0 Å². The molecule has 0 atom stereocenters. The van der Waals surface area contributed by atoms with E-state index in [1.165, 1.54) is 12.1 Å². The van der Waals surface area contributed by atoms with Gasteiger partial charge in [-0.2, -0.15) is 0 Å². The van der Waals surface area contributed by atoms with Crippen LogP contribution >= 0.6 is 23.2 Å². The molecule has 0 aromatic heterocycles. The quantitative estimate of drug-likeness (QED) is 0.603. The molecule has 0 radical (unpaired) electrons. The van der Waals surface area contributed by atoms with Crippen LogP contribution in [0, 0.1) is 0 Å². The van der Waals surface area contributed by atoms with Gasteiger partial charge in [0.15, 0.2) is 6.61 Å². The van der Waals surface area contributed by atoms with Crippen molar-refractivity contribution in [2.24, 2.45) is 0 Å². The van der Waals surface area contributed by atoms with Gasteiger partial charge in [0.1, 0.15) is 12.4 Å². The molecule has 3 nitrogen and oxygen atoms in total. The fourth-order valence-electron chi connectivity index (χ4n) is 0.902. The number of carbonyl (C=O) groups is 1. The summed E-state index contributed by atoms with van der Waals surface area (Å²) in [4.78, 5) is 11.1. The van der Waals surface area contributed by atoms with Crippen LogP contribution in [0.4, 0.5) is 0 Å². The van der Waals surface area contributed by atoms with E-state index in [4.69, 9.17) is 32.7 Å². The van der Waals surface area contributed by atoms with Gasteiger partial charge in [-0.25, -0.2) is 4.79 Å². The van der Waals surface area contributed by atoms with Crippen molar-refractivity contribution in [1.29, 1.82) is 0 Å². The summed E-state index contributed by atoms with van der Waals surface area (Å²) in [7, 11) is 0. The minimum Gasteiger partial charge on any atom is -0.482 e. The smallest absolute Gasteiger partial charge is 0.344 e. The van der Waals surface area contributed by atoms with Crippen molar-refractivity contribution in [2.45, 2.75) is 0 Å². The first kappa shape index (κ1) is 12.9. The second-order valence-electron chi connectivity index (χ2n) is 2.84. The lowest BCUT2D eigenvalue weighted by molar-refractivity contribution is -0.144. The van der Waals surface area contributed by atoms with Gasteiger partial charge < -0.3 is 9.47 Å². The highest BCUT2D eigenvalue weighted by Gasteiger charge is 2.04. The van der Waals surface area contributed by atoms with E-state index in [-0.39, 0.29) is 13.2 Å². The van der Waals surface area contributed by atoms with Crippen molar-refractivity contribution in [3.63, 3.8) is 0 Å². The van der Waals surface area contributed by atoms with Gasteiger partial charge >= 0.3 is 5.97 Å². The Labute approximate surface area is 104 Å². The molecule has 1 aromatic rings. The summed E-state index contributed by atoms with van der Waals surface area (Å²) in [5.74, 6) is -0.00377. The van der Waals surface area contributed by atoms with E-state index >= 15 is 0 Å². The molecule has 1 aromatic carbocycles. The Morgan fingerprint density at radius 3 is 2.75 bits per heavy atom. The van der Waals surface area contributed by atoms with Crippen LogP contribution < -0.4 is 4.74 Å². The van der Waals surface area contributed by atoms with E-state index in [9.17, 15) is 4.79 Å². The van der Waals surface area contributed by atoms with Crippen LogP contribution in [0.1, 0.15) is 0 Å². The molecule has 0 N–H and O–H groups in total. The maximum atomic E-state index is 11.1. The molecule has 0 saturated heterocycles. The van der Waals surface area contributed by atoms with Crippen LogP contribution in [-0.2, 0) is 9.53 Å². The number of esters is 1. The lowest BCUT2D eigenvalue weighted by Crippen LogP contribution is -2.14. The van der Waals surface area contributed by atoms with Crippen molar-refractivity contribution < 1.29 is 14.3 Å². The Hall–Kier alpha value is -1.19. The number of carbonyl (C=O) groups excluding carboxylic acids is 1. The van der Waals surface area contributed by atoms with E-state index in [2.05, 4.69) is 6.58 Å². The zero-order valence-corrected chi connectivity index (χ0v) is 9.92. The Bertz CT molecular complexity index is 391. The molecule has 0 aliphatic rings. The molecular formula is C11H10Cl2O3. The van der Waals surface area contributed by atoms with Gasteiger partial charge in [-0.15, -0.1) is 0 Å². The number of benzene rings is 1. The van der Waals surface area contributed by atoms with Gasteiger partial charge in [0.05, 0.1) is 10.0 Å². The Balaban J connectivity index is 2.45. The van der Waals surface area contributed by atoms with Gasteiger partial charge in [0.25, 0.3) is 0 Å².